The summed E-state index contributed by atoms with van der Waals surface area (Å²) in [4.78, 5) is 42.5. The van der Waals surface area contributed by atoms with Crippen LogP contribution in [0, 0.1) is 6.92 Å². The molecule has 1 aliphatic heterocycles. The van der Waals surface area contributed by atoms with Gasteiger partial charge in [0.1, 0.15) is 6.04 Å². The van der Waals surface area contributed by atoms with Crippen LogP contribution in [0.25, 0.3) is 10.9 Å². The Balaban J connectivity index is 1.49. The second-order valence-corrected chi connectivity index (χ2v) is 7.78. The number of benzene rings is 2. The molecule has 142 valence electrons. The highest BCUT2D eigenvalue weighted by molar-refractivity contribution is 9.10. The molecule has 0 bridgehead atoms. The van der Waals surface area contributed by atoms with Gasteiger partial charge in [-0.15, -0.1) is 0 Å². The summed E-state index contributed by atoms with van der Waals surface area (Å²) in [7, 11) is 0. The summed E-state index contributed by atoms with van der Waals surface area (Å²) in [6.07, 6.45) is 1.99. The van der Waals surface area contributed by atoms with Gasteiger partial charge >= 0.3 is 0 Å². The van der Waals surface area contributed by atoms with E-state index in [4.69, 9.17) is 0 Å². The molecule has 0 radical (unpaired) electrons. The number of H-pyrrole nitrogens is 1. The van der Waals surface area contributed by atoms with Crippen LogP contribution in [0.2, 0.25) is 0 Å². The Kier molecular flexibility index (Phi) is 4.77. The number of nitrogens with zero attached hydrogens (tertiary/aromatic N) is 1. The number of aryl methyl sites for hydroxylation is 1. The van der Waals surface area contributed by atoms with Crippen LogP contribution >= 0.6 is 15.9 Å². The van der Waals surface area contributed by atoms with E-state index in [1.807, 2.05) is 43.3 Å². The van der Waals surface area contributed by atoms with Crippen LogP contribution in [-0.2, 0) is 9.59 Å². The minimum absolute atomic E-state index is 0.202. The summed E-state index contributed by atoms with van der Waals surface area (Å²) >= 11 is 3.37. The van der Waals surface area contributed by atoms with Crippen molar-refractivity contribution in [3.63, 3.8) is 0 Å². The molecule has 2 heterocycles. The first kappa shape index (κ1) is 18.4. The predicted octanol–water partition coefficient (Wildman–Crippen LogP) is 3.34. The van der Waals surface area contributed by atoms with E-state index in [1.165, 1.54) is 6.20 Å². The van der Waals surface area contributed by atoms with Crippen molar-refractivity contribution in [1.29, 1.82) is 0 Å². The van der Waals surface area contributed by atoms with Crippen LogP contribution in [0.5, 0.6) is 0 Å². The molecule has 1 unspecified atom stereocenters. The number of hydrogen-bond donors (Lipinski definition) is 2. The van der Waals surface area contributed by atoms with Gasteiger partial charge < -0.3 is 15.2 Å². The summed E-state index contributed by atoms with van der Waals surface area (Å²) in [5.74, 6) is -1.64. The average Bonchev–Trinajstić information content (AvgIpc) is 3.25. The van der Waals surface area contributed by atoms with Crippen molar-refractivity contribution >= 4 is 50.1 Å². The maximum absolute atomic E-state index is 12.7. The average molecular weight is 440 g/mol. The first-order chi connectivity index (χ1) is 13.4. The first-order valence-electron chi connectivity index (χ1n) is 8.94. The molecule has 1 saturated heterocycles. The molecule has 1 fully saturated rings. The van der Waals surface area contributed by atoms with Gasteiger partial charge in [-0.1, -0.05) is 33.6 Å². The van der Waals surface area contributed by atoms with Gasteiger partial charge in [0.25, 0.3) is 11.7 Å². The van der Waals surface area contributed by atoms with E-state index in [9.17, 15) is 14.4 Å². The first-order valence-corrected chi connectivity index (χ1v) is 9.73. The molecule has 1 aliphatic rings. The summed E-state index contributed by atoms with van der Waals surface area (Å²) in [6.45, 7) is 2.48. The van der Waals surface area contributed by atoms with Crippen molar-refractivity contribution in [3.8, 4) is 0 Å². The number of carbonyl (C=O) groups excluding carboxylic acids is 3. The Morgan fingerprint density at radius 2 is 1.93 bits per heavy atom. The maximum Gasteiger partial charge on any atom is 0.293 e. The lowest BCUT2D eigenvalue weighted by Gasteiger charge is -2.17. The number of anilines is 1. The van der Waals surface area contributed by atoms with Crippen molar-refractivity contribution < 1.29 is 14.4 Å². The zero-order valence-corrected chi connectivity index (χ0v) is 16.7. The Bertz CT molecular complexity index is 1090. The van der Waals surface area contributed by atoms with Crippen molar-refractivity contribution in [2.45, 2.75) is 19.4 Å². The number of carbonyl (C=O) groups is 3. The van der Waals surface area contributed by atoms with Crippen LogP contribution in [0.15, 0.2) is 53.1 Å². The number of ketones is 1. The molecule has 0 spiro atoms. The van der Waals surface area contributed by atoms with Crippen LogP contribution in [-0.4, -0.2) is 35.2 Å². The number of aromatic amines is 1. The zero-order chi connectivity index (χ0) is 19.8. The smallest absolute Gasteiger partial charge is 0.293 e. The van der Waals surface area contributed by atoms with Gasteiger partial charge in [-0.25, -0.2) is 0 Å². The van der Waals surface area contributed by atoms with Crippen molar-refractivity contribution in [2.75, 3.05) is 11.4 Å². The molecular weight excluding hydrogens is 422 g/mol. The minimum atomic E-state index is -0.773. The molecule has 0 saturated carbocycles. The Hall–Kier alpha value is -2.93. The molecule has 1 atom stereocenters. The quantitative estimate of drug-likeness (QED) is 0.482. The number of halogens is 1. The van der Waals surface area contributed by atoms with E-state index in [0.717, 1.165) is 21.2 Å². The minimum Gasteiger partial charge on any atom is -0.360 e. The van der Waals surface area contributed by atoms with Crippen molar-refractivity contribution in [2.24, 2.45) is 0 Å². The highest BCUT2D eigenvalue weighted by Gasteiger charge is 2.35. The van der Waals surface area contributed by atoms with Crippen LogP contribution in [0.3, 0.4) is 0 Å². The van der Waals surface area contributed by atoms with Crippen molar-refractivity contribution in [1.82, 2.24) is 10.3 Å². The molecule has 7 heteroatoms. The molecule has 1 aromatic heterocycles. The lowest BCUT2D eigenvalue weighted by Crippen LogP contribution is -2.44. The normalized spacial score (nSPS) is 16.6. The lowest BCUT2D eigenvalue weighted by molar-refractivity contribution is -0.124. The van der Waals surface area contributed by atoms with E-state index >= 15 is 0 Å². The van der Waals surface area contributed by atoms with Crippen molar-refractivity contribution in [3.05, 3.63) is 64.3 Å². The van der Waals surface area contributed by atoms with Gasteiger partial charge in [0, 0.05) is 33.8 Å². The Morgan fingerprint density at radius 3 is 2.68 bits per heavy atom. The van der Waals surface area contributed by atoms with Gasteiger partial charge in [0.15, 0.2) is 0 Å². The highest BCUT2D eigenvalue weighted by Crippen LogP contribution is 2.24. The van der Waals surface area contributed by atoms with Gasteiger partial charge in [0.05, 0.1) is 5.56 Å². The molecule has 2 N–H and O–H groups in total. The number of amides is 2. The molecule has 28 heavy (non-hydrogen) atoms. The van der Waals surface area contributed by atoms with E-state index in [-0.39, 0.29) is 11.5 Å². The monoisotopic (exact) mass is 439 g/mol. The number of Topliss-reactive ketones (excluding diaryl/α,β-unsaturated/α-hetero) is 1. The van der Waals surface area contributed by atoms with Gasteiger partial charge in [-0.2, -0.15) is 0 Å². The fraction of sp³-hybridized carbons (Fsp3) is 0.190. The number of aromatic nitrogens is 1. The number of hydrogen-bond acceptors (Lipinski definition) is 3. The Morgan fingerprint density at radius 1 is 1.18 bits per heavy atom. The second kappa shape index (κ2) is 7.24. The predicted molar refractivity (Wildman–Crippen MR) is 110 cm³/mol. The summed E-state index contributed by atoms with van der Waals surface area (Å²) in [5, 5.41) is 3.26. The third kappa shape index (κ3) is 3.33. The fourth-order valence-electron chi connectivity index (χ4n) is 3.42. The number of nitrogens with one attached hydrogen (secondary N) is 2. The van der Waals surface area contributed by atoms with E-state index in [2.05, 4.69) is 26.2 Å². The molecule has 0 aliphatic carbocycles. The molecule has 4 rings (SSSR count). The lowest BCUT2D eigenvalue weighted by atomic mass is 10.1. The standard InChI is InChI=1S/C21H18BrN3O3/c1-12-2-5-14(6-3-12)25-9-8-18(21(25)28)24-20(27)19(26)16-11-23-17-7-4-13(22)10-15(16)17/h2-7,10-11,18,23H,8-9H2,1H3,(H,24,27). The van der Waals surface area contributed by atoms with Gasteiger partial charge in [-0.05, 0) is 43.7 Å². The number of fused-ring (bicyclic) bond motifs is 1. The van der Waals surface area contributed by atoms with Gasteiger partial charge in [0.2, 0.25) is 5.91 Å². The van der Waals surface area contributed by atoms with E-state index in [1.54, 1.807) is 11.0 Å². The molecular formula is C21H18BrN3O3. The highest BCUT2D eigenvalue weighted by atomic mass is 79.9. The molecule has 6 nitrogen and oxygen atoms in total. The van der Waals surface area contributed by atoms with E-state index in [0.29, 0.717) is 18.4 Å². The van der Waals surface area contributed by atoms with Gasteiger partial charge in [-0.3, -0.25) is 14.4 Å². The van der Waals surface area contributed by atoms with Crippen LogP contribution in [0.4, 0.5) is 5.69 Å². The molecule has 2 amide bonds. The SMILES string of the molecule is Cc1ccc(N2CCC(NC(=O)C(=O)c3c[nH]c4ccc(Br)cc34)C2=O)cc1. The Labute approximate surface area is 170 Å². The third-order valence-electron chi connectivity index (χ3n) is 4.95. The zero-order valence-electron chi connectivity index (χ0n) is 15.2. The fourth-order valence-corrected chi connectivity index (χ4v) is 3.78. The third-order valence-corrected chi connectivity index (χ3v) is 5.44. The summed E-state index contributed by atoms with van der Waals surface area (Å²) in [6, 6.07) is 12.4. The summed E-state index contributed by atoms with van der Waals surface area (Å²) in [5.41, 5.74) is 2.95. The topological polar surface area (TPSA) is 82.3 Å². The molecule has 3 aromatic rings. The van der Waals surface area contributed by atoms with Crippen LogP contribution in [0.1, 0.15) is 22.3 Å². The molecule has 2 aromatic carbocycles. The largest absolute Gasteiger partial charge is 0.360 e. The second-order valence-electron chi connectivity index (χ2n) is 6.86. The van der Waals surface area contributed by atoms with Crippen LogP contribution < -0.4 is 10.2 Å². The number of rotatable bonds is 4. The summed E-state index contributed by atoms with van der Waals surface area (Å²) < 4.78 is 0.814. The van der Waals surface area contributed by atoms with E-state index < -0.39 is 17.7 Å². The maximum atomic E-state index is 12.7.